The zero-order valence-electron chi connectivity index (χ0n) is 25.8. The van der Waals surface area contributed by atoms with Crippen LogP contribution in [0.3, 0.4) is 0 Å². The van der Waals surface area contributed by atoms with Crippen molar-refractivity contribution in [3.8, 4) is 0 Å². The van der Waals surface area contributed by atoms with Crippen molar-refractivity contribution in [1.29, 1.82) is 0 Å². The second-order valence-corrected chi connectivity index (χ2v) is 12.1. The minimum Gasteiger partial charge on any atom is -0.457 e. The lowest BCUT2D eigenvalue weighted by Gasteiger charge is -2.32. The Kier molecular flexibility index (Phi) is 13.1. The predicted octanol–water partition coefficient (Wildman–Crippen LogP) is 4.92. The Morgan fingerprint density at radius 1 is 1.20 bits per heavy atom. The van der Waals surface area contributed by atoms with Crippen LogP contribution in [0.4, 0.5) is 0 Å². The van der Waals surface area contributed by atoms with Crippen molar-refractivity contribution in [1.82, 2.24) is 0 Å². The third-order valence-corrected chi connectivity index (χ3v) is 8.56. The molecule has 0 bridgehead atoms. The highest BCUT2D eigenvalue weighted by Crippen LogP contribution is 2.40. The van der Waals surface area contributed by atoms with Gasteiger partial charge in [-0.25, -0.2) is 0 Å². The molecule has 10 unspecified atom stereocenters. The maximum absolute atomic E-state index is 12.7. The van der Waals surface area contributed by atoms with Crippen LogP contribution >= 0.6 is 0 Å². The van der Waals surface area contributed by atoms with E-state index in [0.717, 1.165) is 12.0 Å². The molecule has 2 rings (SSSR count). The number of carbonyl (C=O) groups excluding carboxylic acids is 2. The fourth-order valence-corrected chi connectivity index (χ4v) is 5.53. The Balaban J connectivity index is 2.16. The van der Waals surface area contributed by atoms with Crippen LogP contribution in [0.15, 0.2) is 36.0 Å². The first-order valence-electron chi connectivity index (χ1n) is 14.7. The fraction of sp³-hybridized carbons (Fsp3) is 0.750. The van der Waals surface area contributed by atoms with Gasteiger partial charge in [0.2, 0.25) is 0 Å². The van der Waals surface area contributed by atoms with Crippen molar-refractivity contribution in [2.24, 2.45) is 23.7 Å². The average molecular weight is 565 g/mol. The van der Waals surface area contributed by atoms with Gasteiger partial charge >= 0.3 is 11.9 Å². The van der Waals surface area contributed by atoms with Gasteiger partial charge in [0.1, 0.15) is 17.8 Å². The van der Waals surface area contributed by atoms with Gasteiger partial charge in [0.05, 0.1) is 30.8 Å². The number of epoxide rings is 1. The normalized spacial score (nSPS) is 36.0. The Morgan fingerprint density at radius 3 is 2.45 bits per heavy atom. The monoisotopic (exact) mass is 564 g/mol. The standard InChI is InChI=1S/C32H52O8/c1-10-26(37-9)23(6)31-30(40-31)22(5)19(2)12-11-13-20(3)29-21(4)14-15-27(38-24(7)33)32(8,36)17-16-25(34)18-28(35)39-29/h11-15,19,21-23,25-27,29-31,34,36H,10,16-18H2,1-9H3/b12-11+,15-14+,20-13+/t19?,21?,22-,23?,25?,26?,27?,29?,30?,31?,32?/m0/s1. The Bertz CT molecular complexity index is 918. The number of aliphatic hydroxyl groups excluding tert-OH is 1. The molecule has 2 aliphatic rings. The molecular weight excluding hydrogens is 512 g/mol. The van der Waals surface area contributed by atoms with Gasteiger partial charge in [-0.3, -0.25) is 9.59 Å². The molecule has 0 aromatic rings. The van der Waals surface area contributed by atoms with E-state index in [0.29, 0.717) is 11.8 Å². The second kappa shape index (κ2) is 15.3. The fourth-order valence-electron chi connectivity index (χ4n) is 5.53. The van der Waals surface area contributed by atoms with E-state index in [-0.39, 0.29) is 49.4 Å². The molecule has 8 heteroatoms. The number of methoxy groups -OCH3 is 1. The highest BCUT2D eigenvalue weighted by molar-refractivity contribution is 5.70. The van der Waals surface area contributed by atoms with E-state index in [2.05, 4.69) is 33.8 Å². The van der Waals surface area contributed by atoms with Crippen molar-refractivity contribution in [3.63, 3.8) is 0 Å². The summed E-state index contributed by atoms with van der Waals surface area (Å²) in [5.74, 6) is -0.338. The molecule has 0 spiro atoms. The van der Waals surface area contributed by atoms with Crippen LogP contribution < -0.4 is 0 Å². The molecule has 0 amide bonds. The summed E-state index contributed by atoms with van der Waals surface area (Å²) in [5, 5.41) is 21.4. The van der Waals surface area contributed by atoms with Gasteiger partial charge in [0.25, 0.3) is 0 Å². The van der Waals surface area contributed by atoms with Crippen LogP contribution in [-0.2, 0) is 28.5 Å². The maximum atomic E-state index is 12.7. The third kappa shape index (κ3) is 9.82. The summed E-state index contributed by atoms with van der Waals surface area (Å²) in [4.78, 5) is 24.4. The molecule has 11 atom stereocenters. The number of allylic oxidation sites excluding steroid dienone is 3. The lowest BCUT2D eigenvalue weighted by atomic mass is 9.86. The molecule has 0 aromatic heterocycles. The van der Waals surface area contributed by atoms with Crippen molar-refractivity contribution >= 4 is 11.9 Å². The van der Waals surface area contributed by atoms with E-state index in [4.69, 9.17) is 18.9 Å². The van der Waals surface area contributed by atoms with E-state index < -0.39 is 35.9 Å². The molecule has 0 aliphatic carbocycles. The van der Waals surface area contributed by atoms with Crippen molar-refractivity contribution < 1.29 is 38.7 Å². The minimum absolute atomic E-state index is 0.152. The van der Waals surface area contributed by atoms with Crippen LogP contribution in [0.1, 0.15) is 81.1 Å². The number of aliphatic hydroxyl groups is 2. The van der Waals surface area contributed by atoms with Gasteiger partial charge in [0, 0.05) is 25.9 Å². The summed E-state index contributed by atoms with van der Waals surface area (Å²) in [5.41, 5.74) is -0.561. The van der Waals surface area contributed by atoms with E-state index in [1.54, 1.807) is 26.2 Å². The number of hydrogen-bond acceptors (Lipinski definition) is 8. The molecule has 0 saturated carbocycles. The predicted molar refractivity (Wildman–Crippen MR) is 154 cm³/mol. The highest BCUT2D eigenvalue weighted by Gasteiger charge is 2.49. The summed E-state index contributed by atoms with van der Waals surface area (Å²) in [6.45, 7) is 15.4. The molecule has 1 fully saturated rings. The topological polar surface area (TPSA) is 115 Å². The van der Waals surface area contributed by atoms with Crippen molar-refractivity contribution in [2.75, 3.05) is 7.11 Å². The molecule has 2 aliphatic heterocycles. The van der Waals surface area contributed by atoms with Gasteiger partial charge in [0.15, 0.2) is 0 Å². The molecule has 2 heterocycles. The first kappa shape index (κ1) is 34.2. The first-order chi connectivity index (χ1) is 18.7. The van der Waals surface area contributed by atoms with Gasteiger partial charge in [-0.05, 0) is 56.6 Å². The zero-order chi connectivity index (χ0) is 30.2. The molecule has 228 valence electrons. The summed E-state index contributed by atoms with van der Waals surface area (Å²) < 4.78 is 22.9. The first-order valence-corrected chi connectivity index (χ1v) is 14.7. The second-order valence-electron chi connectivity index (χ2n) is 12.1. The number of ether oxygens (including phenoxy) is 4. The van der Waals surface area contributed by atoms with Crippen LogP contribution in [0.25, 0.3) is 0 Å². The van der Waals surface area contributed by atoms with E-state index in [9.17, 15) is 19.8 Å². The number of carbonyl (C=O) groups is 2. The molecule has 2 N–H and O–H groups in total. The van der Waals surface area contributed by atoms with Gasteiger partial charge in [-0.15, -0.1) is 0 Å². The molecule has 0 radical (unpaired) electrons. The number of rotatable bonds is 10. The van der Waals surface area contributed by atoms with E-state index >= 15 is 0 Å². The van der Waals surface area contributed by atoms with Crippen molar-refractivity contribution in [2.45, 2.75) is 123 Å². The summed E-state index contributed by atoms with van der Waals surface area (Å²) >= 11 is 0. The molecule has 40 heavy (non-hydrogen) atoms. The van der Waals surface area contributed by atoms with E-state index in [1.165, 1.54) is 6.92 Å². The smallest absolute Gasteiger partial charge is 0.309 e. The average Bonchev–Trinajstić information content (AvgIpc) is 3.68. The summed E-state index contributed by atoms with van der Waals surface area (Å²) in [6, 6.07) is 0. The minimum atomic E-state index is -1.40. The number of cyclic esters (lactones) is 1. The summed E-state index contributed by atoms with van der Waals surface area (Å²) in [7, 11) is 1.76. The zero-order valence-corrected chi connectivity index (χ0v) is 25.8. The number of hydrogen-bond donors (Lipinski definition) is 2. The largest absolute Gasteiger partial charge is 0.457 e. The molecule has 1 saturated heterocycles. The molecule has 8 nitrogen and oxygen atoms in total. The quantitative estimate of drug-likeness (QED) is 0.166. The molecular formula is C32H52O8. The highest BCUT2D eigenvalue weighted by atomic mass is 16.6. The Morgan fingerprint density at radius 2 is 1.85 bits per heavy atom. The Hall–Kier alpha value is -2.00. The molecule has 0 aromatic carbocycles. The van der Waals surface area contributed by atoms with Gasteiger partial charge in [-0.2, -0.15) is 0 Å². The lowest BCUT2D eigenvalue weighted by molar-refractivity contribution is -0.157. The Labute approximate surface area is 240 Å². The summed E-state index contributed by atoms with van der Waals surface area (Å²) in [6.07, 6.45) is 8.77. The SMILES string of the molecule is CCC(OC)C(C)C1OC1[C@@H](C)C(C)/C=C/C=C(\C)C1OC(=O)CC(O)CCC(C)(O)C(OC(C)=O)/C=C/C1C. The van der Waals surface area contributed by atoms with Crippen LogP contribution in [0, 0.1) is 23.7 Å². The van der Waals surface area contributed by atoms with Gasteiger partial charge in [-0.1, -0.05) is 58.9 Å². The van der Waals surface area contributed by atoms with Crippen LogP contribution in [0.2, 0.25) is 0 Å². The van der Waals surface area contributed by atoms with Crippen LogP contribution in [0.5, 0.6) is 0 Å². The van der Waals surface area contributed by atoms with Gasteiger partial charge < -0.3 is 29.2 Å². The van der Waals surface area contributed by atoms with Crippen LogP contribution in [-0.4, -0.2) is 71.5 Å². The third-order valence-electron chi connectivity index (χ3n) is 8.56. The number of esters is 2. The maximum Gasteiger partial charge on any atom is 0.309 e. The lowest BCUT2D eigenvalue weighted by Crippen LogP contribution is -2.42. The van der Waals surface area contributed by atoms with E-state index in [1.807, 2.05) is 26.0 Å². The van der Waals surface area contributed by atoms with Crippen molar-refractivity contribution in [3.05, 3.63) is 36.0 Å².